The van der Waals surface area contributed by atoms with Crippen molar-refractivity contribution in [1.29, 1.82) is 5.26 Å². The highest BCUT2D eigenvalue weighted by atomic mass is 32.2. The van der Waals surface area contributed by atoms with Crippen LogP contribution in [-0.2, 0) is 12.8 Å². The Bertz CT molecular complexity index is 1490. The Hall–Kier alpha value is -3.34. The van der Waals surface area contributed by atoms with Crippen molar-refractivity contribution < 1.29 is 0 Å². The number of nitrogens with zero attached hydrogens (tertiary/aromatic N) is 5. The van der Waals surface area contributed by atoms with Gasteiger partial charge in [0.05, 0.1) is 33.2 Å². The fraction of sp³-hybridized carbons (Fsp3) is 0.192. The predicted octanol–water partition coefficient (Wildman–Crippen LogP) is 6.58. The van der Waals surface area contributed by atoms with Crippen molar-refractivity contribution in [1.82, 2.24) is 19.3 Å². The molecule has 0 atom stereocenters. The summed E-state index contributed by atoms with van der Waals surface area (Å²) in [5.74, 6) is 1.59. The fourth-order valence-corrected chi connectivity index (χ4v) is 6.09. The molecule has 5 aromatic rings. The topological polar surface area (TPSA) is 59.4 Å². The number of thiophene rings is 1. The molecule has 0 radical (unpaired) electrons. The second kappa shape index (κ2) is 8.54. The Morgan fingerprint density at radius 1 is 1.00 bits per heavy atom. The van der Waals surface area contributed by atoms with Gasteiger partial charge >= 0.3 is 0 Å². The molecule has 0 fully saturated rings. The van der Waals surface area contributed by atoms with Crippen molar-refractivity contribution in [3.05, 3.63) is 81.7 Å². The molecule has 33 heavy (non-hydrogen) atoms. The Morgan fingerprint density at radius 2 is 1.73 bits per heavy atom. The number of aromatic nitrogens is 4. The zero-order valence-electron chi connectivity index (χ0n) is 19.0. The molecule has 0 saturated carbocycles. The lowest BCUT2D eigenvalue weighted by atomic mass is 10.0. The van der Waals surface area contributed by atoms with Gasteiger partial charge in [0, 0.05) is 12.8 Å². The first kappa shape index (κ1) is 21.5. The van der Waals surface area contributed by atoms with Crippen molar-refractivity contribution in [2.45, 2.75) is 31.7 Å². The molecule has 0 aliphatic rings. The van der Waals surface area contributed by atoms with Crippen LogP contribution in [0.3, 0.4) is 0 Å². The van der Waals surface area contributed by atoms with Gasteiger partial charge in [-0.1, -0.05) is 41.6 Å². The Kier molecular flexibility index (Phi) is 5.57. The molecule has 5 nitrogen and oxygen atoms in total. The first-order valence-corrected chi connectivity index (χ1v) is 12.5. The summed E-state index contributed by atoms with van der Waals surface area (Å²) >= 11 is 3.40. The van der Waals surface area contributed by atoms with E-state index in [-0.39, 0.29) is 0 Å². The van der Waals surface area contributed by atoms with Gasteiger partial charge in [-0.25, -0.2) is 0 Å². The van der Waals surface area contributed by atoms with Gasteiger partial charge in [-0.2, -0.15) is 5.26 Å². The minimum absolute atomic E-state index is 0.670. The second-order valence-corrected chi connectivity index (χ2v) is 10.1. The SMILES string of the molecule is Cc1cc(C)c(-n2c(SCc3ccc(C#N)cc3)nnc2-c2cc3sccc3n2C)c(C)c1. The Balaban J connectivity index is 1.63. The number of benzene rings is 2. The zero-order valence-corrected chi connectivity index (χ0v) is 20.6. The monoisotopic (exact) mass is 469 g/mol. The molecule has 3 heterocycles. The highest BCUT2D eigenvalue weighted by molar-refractivity contribution is 7.98. The van der Waals surface area contributed by atoms with Crippen molar-refractivity contribution in [2.24, 2.45) is 7.05 Å². The van der Waals surface area contributed by atoms with Crippen LogP contribution in [0.15, 0.2) is 59.1 Å². The van der Waals surface area contributed by atoms with Crippen LogP contribution in [0.2, 0.25) is 0 Å². The number of fused-ring (bicyclic) bond motifs is 1. The quantitative estimate of drug-likeness (QED) is 0.273. The number of thioether (sulfide) groups is 1. The van der Waals surface area contributed by atoms with Gasteiger partial charge in [0.1, 0.15) is 0 Å². The minimum Gasteiger partial charge on any atom is -0.340 e. The van der Waals surface area contributed by atoms with E-state index in [4.69, 9.17) is 5.26 Å². The van der Waals surface area contributed by atoms with Gasteiger partial charge < -0.3 is 4.57 Å². The van der Waals surface area contributed by atoms with Gasteiger partial charge in [-0.15, -0.1) is 21.5 Å². The predicted molar refractivity (Wildman–Crippen MR) is 136 cm³/mol. The van der Waals surface area contributed by atoms with Crippen molar-refractivity contribution in [3.63, 3.8) is 0 Å². The standard InChI is InChI=1S/C26H23N5S2/c1-16-11-17(2)24(18(3)12-16)31-25(22-13-23-21(30(22)4)9-10-32-23)28-29-26(31)33-15-20-7-5-19(14-27)6-8-20/h5-13H,15H2,1-4H3. The lowest BCUT2D eigenvalue weighted by Gasteiger charge is -2.17. The maximum Gasteiger partial charge on any atom is 0.196 e. The van der Waals surface area contributed by atoms with Crippen LogP contribution in [0.4, 0.5) is 0 Å². The van der Waals surface area contributed by atoms with E-state index in [0.29, 0.717) is 5.56 Å². The summed E-state index contributed by atoms with van der Waals surface area (Å²) in [6, 6.07) is 18.7. The van der Waals surface area contributed by atoms with Crippen molar-refractivity contribution >= 4 is 33.3 Å². The van der Waals surface area contributed by atoms with E-state index in [1.54, 1.807) is 23.1 Å². The van der Waals surface area contributed by atoms with Crippen LogP contribution >= 0.6 is 23.1 Å². The van der Waals surface area contributed by atoms with Crippen LogP contribution in [0.1, 0.15) is 27.8 Å². The average molecular weight is 470 g/mol. The van der Waals surface area contributed by atoms with E-state index in [1.165, 1.54) is 26.9 Å². The molecule has 0 N–H and O–H groups in total. The third kappa shape index (κ3) is 3.86. The molecule has 5 rings (SSSR count). The maximum absolute atomic E-state index is 9.06. The maximum atomic E-state index is 9.06. The molecule has 3 aromatic heterocycles. The zero-order chi connectivity index (χ0) is 23.1. The van der Waals surface area contributed by atoms with E-state index in [1.807, 2.05) is 24.3 Å². The molecule has 7 heteroatoms. The van der Waals surface area contributed by atoms with Gasteiger partial charge in [0.2, 0.25) is 0 Å². The molecule has 0 bridgehead atoms. The van der Waals surface area contributed by atoms with Crippen LogP contribution in [0.5, 0.6) is 0 Å². The Morgan fingerprint density at radius 3 is 2.39 bits per heavy atom. The summed E-state index contributed by atoms with van der Waals surface area (Å²) < 4.78 is 5.64. The number of hydrogen-bond donors (Lipinski definition) is 0. The third-order valence-electron chi connectivity index (χ3n) is 5.84. The van der Waals surface area contributed by atoms with Crippen LogP contribution in [0.25, 0.3) is 27.4 Å². The first-order chi connectivity index (χ1) is 16.0. The number of aryl methyl sites for hydroxylation is 4. The lowest BCUT2D eigenvalue weighted by molar-refractivity contribution is 0.866. The lowest BCUT2D eigenvalue weighted by Crippen LogP contribution is -2.06. The highest BCUT2D eigenvalue weighted by Gasteiger charge is 2.22. The molecule has 0 aliphatic heterocycles. The normalized spacial score (nSPS) is 11.2. The van der Waals surface area contributed by atoms with Crippen molar-refractivity contribution in [3.8, 4) is 23.3 Å². The van der Waals surface area contributed by atoms with E-state index in [9.17, 15) is 0 Å². The van der Waals surface area contributed by atoms with Crippen LogP contribution in [0, 0.1) is 32.1 Å². The molecule has 0 saturated heterocycles. The highest BCUT2D eigenvalue weighted by Crippen LogP contribution is 2.36. The summed E-state index contributed by atoms with van der Waals surface area (Å²) in [6.45, 7) is 6.43. The average Bonchev–Trinajstić information content (AvgIpc) is 3.49. The summed E-state index contributed by atoms with van der Waals surface area (Å²) in [7, 11) is 2.09. The van der Waals surface area contributed by atoms with E-state index in [0.717, 1.165) is 33.7 Å². The summed E-state index contributed by atoms with van der Waals surface area (Å²) in [6.07, 6.45) is 0. The summed E-state index contributed by atoms with van der Waals surface area (Å²) in [5, 5.41) is 21.3. The first-order valence-electron chi connectivity index (χ1n) is 10.6. The number of rotatable bonds is 5. The summed E-state index contributed by atoms with van der Waals surface area (Å²) in [5.41, 5.74) is 8.84. The second-order valence-electron chi connectivity index (χ2n) is 8.25. The molecule has 0 aliphatic carbocycles. The van der Waals surface area contributed by atoms with Crippen LogP contribution in [-0.4, -0.2) is 19.3 Å². The third-order valence-corrected chi connectivity index (χ3v) is 7.69. The molecule has 164 valence electrons. The number of nitriles is 1. The molecule has 0 amide bonds. The van der Waals surface area contributed by atoms with Gasteiger partial charge in [0.15, 0.2) is 11.0 Å². The summed E-state index contributed by atoms with van der Waals surface area (Å²) in [4.78, 5) is 0. The van der Waals surface area contributed by atoms with Gasteiger partial charge in [-0.3, -0.25) is 4.57 Å². The smallest absolute Gasteiger partial charge is 0.196 e. The van der Waals surface area contributed by atoms with E-state index < -0.39 is 0 Å². The minimum atomic E-state index is 0.670. The Labute approximate surface area is 201 Å². The largest absolute Gasteiger partial charge is 0.340 e. The van der Waals surface area contributed by atoms with Gasteiger partial charge in [0.25, 0.3) is 0 Å². The van der Waals surface area contributed by atoms with E-state index >= 15 is 0 Å². The van der Waals surface area contributed by atoms with E-state index in [2.05, 4.69) is 82.9 Å². The fourth-order valence-electron chi connectivity index (χ4n) is 4.34. The molecule has 2 aromatic carbocycles. The molecular weight excluding hydrogens is 446 g/mol. The van der Waals surface area contributed by atoms with Gasteiger partial charge in [-0.05, 0) is 67.1 Å². The van der Waals surface area contributed by atoms with Crippen LogP contribution < -0.4 is 0 Å². The van der Waals surface area contributed by atoms with Crippen molar-refractivity contribution in [2.75, 3.05) is 0 Å². The molecule has 0 spiro atoms. The molecular formula is C26H23N5S2. The molecule has 0 unspecified atom stereocenters. The number of hydrogen-bond acceptors (Lipinski definition) is 5.